The fourth-order valence-corrected chi connectivity index (χ4v) is 1.35. The number of aliphatic imine (C=N–C) groups is 1. The molecule has 0 bridgehead atoms. The molecule has 0 aliphatic heterocycles. The summed E-state index contributed by atoms with van der Waals surface area (Å²) in [7, 11) is 0. The summed E-state index contributed by atoms with van der Waals surface area (Å²) in [6.45, 7) is 2.91. The van der Waals surface area contributed by atoms with Gasteiger partial charge in [0, 0.05) is 13.3 Å². The van der Waals surface area contributed by atoms with Crippen LogP contribution in [-0.2, 0) is 16.0 Å². The van der Waals surface area contributed by atoms with E-state index in [2.05, 4.69) is 4.99 Å². The number of rotatable bonds is 5. The number of hydrogen-bond donors (Lipinski definition) is 1. The standard InChI is InChI=1S/C13H15NO3/c1-9(10(2)15)14-12(13(16)17)8-11-6-4-3-5-7-11/h3-7,12H,8H2,1-2H3,(H,16,17). The fourth-order valence-electron chi connectivity index (χ4n) is 1.35. The molecule has 17 heavy (non-hydrogen) atoms. The molecule has 0 aliphatic rings. The topological polar surface area (TPSA) is 66.7 Å². The van der Waals surface area contributed by atoms with Crippen molar-refractivity contribution in [2.45, 2.75) is 26.3 Å². The second kappa shape index (κ2) is 5.94. The second-order valence-corrected chi connectivity index (χ2v) is 3.81. The zero-order valence-corrected chi connectivity index (χ0v) is 9.88. The van der Waals surface area contributed by atoms with Crippen LogP contribution in [0.15, 0.2) is 35.3 Å². The van der Waals surface area contributed by atoms with Crippen molar-refractivity contribution in [1.82, 2.24) is 0 Å². The average molecular weight is 233 g/mol. The van der Waals surface area contributed by atoms with Gasteiger partial charge in [0.2, 0.25) is 0 Å². The lowest BCUT2D eigenvalue weighted by Gasteiger charge is -2.08. The smallest absolute Gasteiger partial charge is 0.328 e. The van der Waals surface area contributed by atoms with Gasteiger partial charge in [-0.25, -0.2) is 4.79 Å². The van der Waals surface area contributed by atoms with Gasteiger partial charge >= 0.3 is 5.97 Å². The molecule has 0 aliphatic carbocycles. The predicted molar refractivity (Wildman–Crippen MR) is 65.4 cm³/mol. The van der Waals surface area contributed by atoms with Crippen LogP contribution in [0, 0.1) is 0 Å². The Labute approximate surface area is 100.0 Å². The van der Waals surface area contributed by atoms with E-state index in [0.717, 1.165) is 5.56 Å². The van der Waals surface area contributed by atoms with Gasteiger partial charge in [-0.05, 0) is 12.5 Å². The van der Waals surface area contributed by atoms with Crippen LogP contribution in [0.25, 0.3) is 0 Å². The van der Waals surface area contributed by atoms with Gasteiger partial charge in [0.25, 0.3) is 0 Å². The molecule has 0 radical (unpaired) electrons. The number of nitrogens with zero attached hydrogens (tertiary/aromatic N) is 1. The monoisotopic (exact) mass is 233 g/mol. The highest BCUT2D eigenvalue weighted by Crippen LogP contribution is 2.06. The third-order valence-corrected chi connectivity index (χ3v) is 2.42. The molecule has 1 atom stereocenters. The van der Waals surface area contributed by atoms with Crippen LogP contribution < -0.4 is 0 Å². The van der Waals surface area contributed by atoms with Crippen LogP contribution in [0.5, 0.6) is 0 Å². The summed E-state index contributed by atoms with van der Waals surface area (Å²) in [6, 6.07) is 8.33. The number of benzene rings is 1. The van der Waals surface area contributed by atoms with Crippen LogP contribution in [0.2, 0.25) is 0 Å². The Bertz CT molecular complexity index is 437. The molecule has 0 fully saturated rings. The van der Waals surface area contributed by atoms with E-state index in [1.54, 1.807) is 0 Å². The molecule has 4 heteroatoms. The first kappa shape index (κ1) is 13.1. The van der Waals surface area contributed by atoms with E-state index in [4.69, 9.17) is 5.11 Å². The number of ketones is 1. The molecule has 90 valence electrons. The number of hydrogen-bond acceptors (Lipinski definition) is 3. The molecule has 0 heterocycles. The second-order valence-electron chi connectivity index (χ2n) is 3.81. The van der Waals surface area contributed by atoms with Gasteiger partial charge in [-0.2, -0.15) is 0 Å². The van der Waals surface area contributed by atoms with Crippen molar-refractivity contribution in [3.63, 3.8) is 0 Å². The Morgan fingerprint density at radius 2 is 1.82 bits per heavy atom. The summed E-state index contributed by atoms with van der Waals surface area (Å²) in [5, 5.41) is 9.05. The Balaban J connectivity index is 2.85. The highest BCUT2D eigenvalue weighted by atomic mass is 16.4. The number of Topliss-reactive ketones (excluding diaryl/α,β-unsaturated/α-hetero) is 1. The molecule has 1 rings (SSSR count). The quantitative estimate of drug-likeness (QED) is 0.787. The van der Waals surface area contributed by atoms with Crippen LogP contribution in [0.3, 0.4) is 0 Å². The molecule has 1 N–H and O–H groups in total. The summed E-state index contributed by atoms with van der Waals surface area (Å²) in [5.41, 5.74) is 1.13. The molecular weight excluding hydrogens is 218 g/mol. The summed E-state index contributed by atoms with van der Waals surface area (Å²) in [5.74, 6) is -1.22. The SMILES string of the molecule is CC(=O)C(C)=NC(Cc1ccccc1)C(=O)O. The zero-order valence-electron chi connectivity index (χ0n) is 9.88. The maximum absolute atomic E-state index is 11.0. The lowest BCUT2D eigenvalue weighted by Crippen LogP contribution is -2.23. The van der Waals surface area contributed by atoms with Crippen molar-refractivity contribution in [1.29, 1.82) is 0 Å². The van der Waals surface area contributed by atoms with Crippen molar-refractivity contribution in [3.05, 3.63) is 35.9 Å². The van der Waals surface area contributed by atoms with Crippen molar-refractivity contribution < 1.29 is 14.7 Å². The van der Waals surface area contributed by atoms with E-state index in [9.17, 15) is 9.59 Å². The Kier molecular flexibility index (Phi) is 4.57. The van der Waals surface area contributed by atoms with Crippen molar-refractivity contribution >= 4 is 17.5 Å². The number of carbonyl (C=O) groups excluding carboxylic acids is 1. The molecule has 0 amide bonds. The summed E-state index contributed by atoms with van der Waals surface area (Å²) < 4.78 is 0. The molecular formula is C13H15NO3. The van der Waals surface area contributed by atoms with E-state index in [1.165, 1.54) is 13.8 Å². The first-order chi connectivity index (χ1) is 8.00. The van der Waals surface area contributed by atoms with Gasteiger partial charge in [-0.3, -0.25) is 9.79 Å². The molecule has 0 aromatic heterocycles. The minimum Gasteiger partial charge on any atom is -0.480 e. The van der Waals surface area contributed by atoms with E-state index in [0.29, 0.717) is 6.42 Å². The predicted octanol–water partition coefficient (Wildman–Crippen LogP) is 1.73. The Morgan fingerprint density at radius 1 is 1.24 bits per heavy atom. The van der Waals surface area contributed by atoms with E-state index in [-0.39, 0.29) is 11.5 Å². The lowest BCUT2D eigenvalue weighted by atomic mass is 10.1. The molecule has 0 saturated heterocycles. The maximum atomic E-state index is 11.0. The van der Waals surface area contributed by atoms with Crippen LogP contribution >= 0.6 is 0 Å². The highest BCUT2D eigenvalue weighted by molar-refractivity contribution is 6.38. The molecule has 0 saturated carbocycles. The molecule has 0 spiro atoms. The lowest BCUT2D eigenvalue weighted by molar-refractivity contribution is -0.138. The first-order valence-electron chi connectivity index (χ1n) is 5.32. The van der Waals surface area contributed by atoms with E-state index >= 15 is 0 Å². The molecule has 1 aromatic rings. The largest absolute Gasteiger partial charge is 0.480 e. The van der Waals surface area contributed by atoms with Gasteiger partial charge in [-0.15, -0.1) is 0 Å². The van der Waals surface area contributed by atoms with Crippen molar-refractivity contribution in [3.8, 4) is 0 Å². The minimum atomic E-state index is -1.02. The third-order valence-electron chi connectivity index (χ3n) is 2.42. The van der Waals surface area contributed by atoms with Crippen molar-refractivity contribution in [2.75, 3.05) is 0 Å². The number of carbonyl (C=O) groups is 2. The Hall–Kier alpha value is -1.97. The van der Waals surface area contributed by atoms with Gasteiger partial charge < -0.3 is 5.11 Å². The molecule has 1 unspecified atom stereocenters. The Morgan fingerprint density at radius 3 is 2.29 bits per heavy atom. The fraction of sp³-hybridized carbons (Fsp3) is 0.308. The van der Waals surface area contributed by atoms with Crippen molar-refractivity contribution in [2.24, 2.45) is 4.99 Å². The van der Waals surface area contributed by atoms with Gasteiger partial charge in [-0.1, -0.05) is 30.3 Å². The first-order valence-corrected chi connectivity index (χ1v) is 5.32. The minimum absolute atomic E-state index is 0.204. The summed E-state index contributed by atoms with van der Waals surface area (Å²) in [6.07, 6.45) is 0.292. The normalized spacial score (nSPS) is 13.2. The van der Waals surface area contributed by atoms with Crippen LogP contribution in [-0.4, -0.2) is 28.6 Å². The van der Waals surface area contributed by atoms with Crippen LogP contribution in [0.1, 0.15) is 19.4 Å². The molecule has 4 nitrogen and oxygen atoms in total. The number of carboxylic acid groups (broad SMARTS) is 1. The molecule has 1 aromatic carbocycles. The van der Waals surface area contributed by atoms with E-state index in [1.807, 2.05) is 30.3 Å². The highest BCUT2D eigenvalue weighted by Gasteiger charge is 2.17. The summed E-state index contributed by atoms with van der Waals surface area (Å²) >= 11 is 0. The van der Waals surface area contributed by atoms with E-state index < -0.39 is 12.0 Å². The average Bonchev–Trinajstić information content (AvgIpc) is 2.29. The van der Waals surface area contributed by atoms with Gasteiger partial charge in [0.05, 0.1) is 5.71 Å². The summed E-state index contributed by atoms with van der Waals surface area (Å²) in [4.78, 5) is 26.0. The zero-order chi connectivity index (χ0) is 12.8. The van der Waals surface area contributed by atoms with Gasteiger partial charge in [0.15, 0.2) is 11.8 Å². The van der Waals surface area contributed by atoms with Gasteiger partial charge in [0.1, 0.15) is 0 Å². The number of aliphatic carboxylic acids is 1. The third kappa shape index (κ3) is 4.18. The van der Waals surface area contributed by atoms with Crippen LogP contribution in [0.4, 0.5) is 0 Å². The maximum Gasteiger partial charge on any atom is 0.328 e. The number of carboxylic acids is 1.